The van der Waals surface area contributed by atoms with Crippen LogP contribution in [0.2, 0.25) is 0 Å². The fraction of sp³-hybridized carbons (Fsp3) is 1.00. The van der Waals surface area contributed by atoms with Crippen LogP contribution < -0.4 is 0 Å². The predicted molar refractivity (Wildman–Crippen MR) is 56.2 cm³/mol. The molecule has 0 aliphatic carbocycles. The molecule has 68 valence electrons. The van der Waals surface area contributed by atoms with E-state index in [1.807, 2.05) is 0 Å². The van der Waals surface area contributed by atoms with Crippen molar-refractivity contribution in [3.63, 3.8) is 0 Å². The first-order valence-corrected chi connectivity index (χ1v) is 5.56. The van der Waals surface area contributed by atoms with Crippen molar-refractivity contribution in [2.75, 3.05) is 0 Å². The molecule has 0 radical (unpaired) electrons. The molecule has 0 aromatic carbocycles. The average molecular weight is 221 g/mol. The molecular formula is C10H21Br. The van der Waals surface area contributed by atoms with Crippen molar-refractivity contribution < 1.29 is 0 Å². The summed E-state index contributed by atoms with van der Waals surface area (Å²) in [5.74, 6) is 2.38. The standard InChI is InChI=1S/C10H21Br/c1-6-8(4)9(5)10(11)7(2)3/h7-10H,6H2,1-5H3. The summed E-state index contributed by atoms with van der Waals surface area (Å²) < 4.78 is 0. The fourth-order valence-electron chi connectivity index (χ4n) is 1.29. The highest BCUT2D eigenvalue weighted by molar-refractivity contribution is 9.09. The Balaban J connectivity index is 3.90. The van der Waals surface area contributed by atoms with Crippen LogP contribution in [-0.2, 0) is 0 Å². The largest absolute Gasteiger partial charge is 0.0885 e. The third-order valence-electron chi connectivity index (χ3n) is 2.68. The van der Waals surface area contributed by atoms with Crippen molar-refractivity contribution in [3.8, 4) is 0 Å². The lowest BCUT2D eigenvalue weighted by Gasteiger charge is -2.26. The van der Waals surface area contributed by atoms with Crippen molar-refractivity contribution in [3.05, 3.63) is 0 Å². The zero-order valence-electron chi connectivity index (χ0n) is 8.39. The second kappa shape index (κ2) is 5.18. The number of halogens is 1. The molecule has 0 spiro atoms. The number of hydrogen-bond donors (Lipinski definition) is 0. The molecule has 0 nitrogen and oxygen atoms in total. The van der Waals surface area contributed by atoms with Gasteiger partial charge in [0.25, 0.3) is 0 Å². The Morgan fingerprint density at radius 3 is 1.82 bits per heavy atom. The van der Waals surface area contributed by atoms with Gasteiger partial charge in [-0.15, -0.1) is 0 Å². The van der Waals surface area contributed by atoms with Gasteiger partial charge in [-0.05, 0) is 17.8 Å². The quantitative estimate of drug-likeness (QED) is 0.627. The van der Waals surface area contributed by atoms with Crippen molar-refractivity contribution in [2.24, 2.45) is 17.8 Å². The van der Waals surface area contributed by atoms with Crippen molar-refractivity contribution >= 4 is 15.9 Å². The normalized spacial score (nSPS) is 19.9. The third kappa shape index (κ3) is 3.59. The molecule has 0 saturated carbocycles. The lowest BCUT2D eigenvalue weighted by Crippen LogP contribution is -2.22. The van der Waals surface area contributed by atoms with Crippen LogP contribution in [0.1, 0.15) is 41.0 Å². The molecule has 0 fully saturated rings. The molecule has 0 heterocycles. The molecule has 0 saturated heterocycles. The van der Waals surface area contributed by atoms with Crippen molar-refractivity contribution in [2.45, 2.75) is 45.9 Å². The molecule has 0 bridgehead atoms. The SMILES string of the molecule is CCC(C)C(C)C(Br)C(C)C. The summed E-state index contributed by atoms with van der Waals surface area (Å²) in [6.07, 6.45) is 1.29. The van der Waals surface area contributed by atoms with Crippen LogP contribution in [0.3, 0.4) is 0 Å². The molecule has 11 heavy (non-hydrogen) atoms. The highest BCUT2D eigenvalue weighted by atomic mass is 79.9. The van der Waals surface area contributed by atoms with E-state index in [1.54, 1.807) is 0 Å². The molecule has 0 N–H and O–H groups in total. The number of hydrogen-bond acceptors (Lipinski definition) is 0. The maximum Gasteiger partial charge on any atom is 0.0196 e. The zero-order chi connectivity index (χ0) is 9.02. The van der Waals surface area contributed by atoms with E-state index in [0.717, 1.165) is 17.8 Å². The van der Waals surface area contributed by atoms with Crippen LogP contribution in [0.4, 0.5) is 0 Å². The number of alkyl halides is 1. The predicted octanol–water partition coefficient (Wildman–Crippen LogP) is 4.09. The zero-order valence-corrected chi connectivity index (χ0v) is 9.98. The van der Waals surface area contributed by atoms with Crippen molar-refractivity contribution in [1.29, 1.82) is 0 Å². The Hall–Kier alpha value is 0.480. The highest BCUT2D eigenvalue weighted by Crippen LogP contribution is 2.28. The lowest BCUT2D eigenvalue weighted by atomic mass is 9.86. The second-order valence-electron chi connectivity index (χ2n) is 3.93. The Labute approximate surface area is 79.9 Å². The maximum atomic E-state index is 3.75. The van der Waals surface area contributed by atoms with E-state index in [4.69, 9.17) is 0 Å². The Kier molecular flexibility index (Phi) is 5.41. The molecule has 3 atom stereocenters. The molecule has 0 amide bonds. The van der Waals surface area contributed by atoms with Crippen LogP contribution in [0.5, 0.6) is 0 Å². The van der Waals surface area contributed by atoms with Gasteiger partial charge in [0.15, 0.2) is 0 Å². The summed E-state index contributed by atoms with van der Waals surface area (Å²) in [6, 6.07) is 0. The van der Waals surface area contributed by atoms with E-state index in [-0.39, 0.29) is 0 Å². The van der Waals surface area contributed by atoms with Gasteiger partial charge in [0, 0.05) is 4.83 Å². The molecule has 0 aromatic rings. The van der Waals surface area contributed by atoms with Gasteiger partial charge in [-0.1, -0.05) is 57.0 Å². The topological polar surface area (TPSA) is 0 Å². The van der Waals surface area contributed by atoms with Crippen LogP contribution in [0.25, 0.3) is 0 Å². The molecule has 1 heteroatoms. The van der Waals surface area contributed by atoms with Crippen LogP contribution in [0, 0.1) is 17.8 Å². The monoisotopic (exact) mass is 220 g/mol. The highest BCUT2D eigenvalue weighted by Gasteiger charge is 2.21. The summed E-state index contributed by atoms with van der Waals surface area (Å²) >= 11 is 3.75. The van der Waals surface area contributed by atoms with E-state index in [9.17, 15) is 0 Å². The van der Waals surface area contributed by atoms with Gasteiger partial charge in [0.2, 0.25) is 0 Å². The summed E-state index contributed by atoms with van der Waals surface area (Å²) in [4.78, 5) is 0.678. The Morgan fingerprint density at radius 1 is 1.09 bits per heavy atom. The Bertz CT molecular complexity index is 99.0. The minimum Gasteiger partial charge on any atom is -0.0885 e. The maximum absolute atomic E-state index is 3.75. The van der Waals surface area contributed by atoms with Gasteiger partial charge in [0.05, 0.1) is 0 Å². The molecule has 0 rings (SSSR count). The van der Waals surface area contributed by atoms with E-state index in [1.165, 1.54) is 6.42 Å². The van der Waals surface area contributed by atoms with E-state index < -0.39 is 0 Å². The minimum atomic E-state index is 0.678. The average Bonchev–Trinajstić information content (AvgIpc) is 2.00. The van der Waals surface area contributed by atoms with Gasteiger partial charge in [-0.25, -0.2) is 0 Å². The third-order valence-corrected chi connectivity index (χ3v) is 4.57. The molecule has 3 unspecified atom stereocenters. The van der Waals surface area contributed by atoms with Gasteiger partial charge < -0.3 is 0 Å². The summed E-state index contributed by atoms with van der Waals surface area (Å²) in [7, 11) is 0. The number of rotatable bonds is 4. The summed E-state index contributed by atoms with van der Waals surface area (Å²) in [5, 5.41) is 0. The lowest BCUT2D eigenvalue weighted by molar-refractivity contribution is 0.332. The van der Waals surface area contributed by atoms with Gasteiger partial charge >= 0.3 is 0 Å². The molecule has 0 aliphatic rings. The second-order valence-corrected chi connectivity index (χ2v) is 4.99. The van der Waals surface area contributed by atoms with E-state index in [2.05, 4.69) is 50.5 Å². The van der Waals surface area contributed by atoms with Crippen LogP contribution in [0.15, 0.2) is 0 Å². The van der Waals surface area contributed by atoms with E-state index >= 15 is 0 Å². The first kappa shape index (κ1) is 11.5. The fourth-order valence-corrected chi connectivity index (χ4v) is 1.81. The summed E-state index contributed by atoms with van der Waals surface area (Å²) in [6.45, 7) is 11.5. The Morgan fingerprint density at radius 2 is 1.55 bits per heavy atom. The van der Waals surface area contributed by atoms with Crippen LogP contribution in [-0.4, -0.2) is 4.83 Å². The first-order chi connectivity index (χ1) is 5.00. The summed E-state index contributed by atoms with van der Waals surface area (Å²) in [5.41, 5.74) is 0. The van der Waals surface area contributed by atoms with Crippen LogP contribution >= 0.6 is 15.9 Å². The van der Waals surface area contributed by atoms with Gasteiger partial charge in [-0.3, -0.25) is 0 Å². The van der Waals surface area contributed by atoms with Gasteiger partial charge in [-0.2, -0.15) is 0 Å². The van der Waals surface area contributed by atoms with E-state index in [0.29, 0.717) is 4.83 Å². The minimum absolute atomic E-state index is 0.678. The smallest absolute Gasteiger partial charge is 0.0196 e. The van der Waals surface area contributed by atoms with Gasteiger partial charge in [0.1, 0.15) is 0 Å². The molecular weight excluding hydrogens is 200 g/mol. The van der Waals surface area contributed by atoms with Crippen molar-refractivity contribution in [1.82, 2.24) is 0 Å². The first-order valence-electron chi connectivity index (χ1n) is 4.64. The molecule has 0 aliphatic heterocycles. The molecule has 0 aromatic heterocycles.